The maximum absolute atomic E-state index is 12.6. The number of hydrogen-bond acceptors (Lipinski definition) is 5. The number of thiazole rings is 1. The molecule has 2 aromatic rings. The molecule has 0 spiro atoms. The molecule has 2 heterocycles. The zero-order valence-corrected chi connectivity index (χ0v) is 12.6. The number of ether oxygens (including phenoxy) is 1. The normalized spacial score (nSPS) is 18.0. The van der Waals surface area contributed by atoms with E-state index in [1.54, 1.807) is 12.5 Å². The Hall–Kier alpha value is -2.08. The van der Waals surface area contributed by atoms with E-state index in [1.807, 2.05) is 29.2 Å². The molecule has 21 heavy (non-hydrogen) atoms. The second-order valence-electron chi connectivity index (χ2n) is 5.00. The Morgan fingerprint density at radius 3 is 2.81 bits per heavy atom. The second-order valence-corrected chi connectivity index (χ2v) is 5.89. The van der Waals surface area contributed by atoms with Crippen molar-refractivity contribution >= 4 is 22.4 Å². The van der Waals surface area contributed by atoms with E-state index in [-0.39, 0.29) is 11.9 Å². The van der Waals surface area contributed by atoms with Gasteiger partial charge in [0.1, 0.15) is 11.4 Å². The molecule has 6 heteroatoms. The second kappa shape index (κ2) is 5.73. The first kappa shape index (κ1) is 13.9. The molecule has 1 saturated heterocycles. The molecule has 1 amide bonds. The molecule has 1 aromatic heterocycles. The van der Waals surface area contributed by atoms with Crippen LogP contribution >= 0.6 is 11.3 Å². The Morgan fingerprint density at radius 1 is 1.43 bits per heavy atom. The summed E-state index contributed by atoms with van der Waals surface area (Å²) in [6.45, 7) is 0.757. The van der Waals surface area contributed by atoms with Crippen LogP contribution in [0.25, 0.3) is 0 Å². The number of rotatable bonds is 3. The van der Waals surface area contributed by atoms with Crippen molar-refractivity contribution in [3.8, 4) is 5.75 Å². The van der Waals surface area contributed by atoms with Gasteiger partial charge in [0.05, 0.1) is 13.2 Å². The highest BCUT2D eigenvalue weighted by atomic mass is 32.1. The van der Waals surface area contributed by atoms with E-state index in [1.165, 1.54) is 11.3 Å². The first-order valence-corrected chi connectivity index (χ1v) is 7.73. The van der Waals surface area contributed by atoms with Gasteiger partial charge in [0.25, 0.3) is 5.91 Å². The molecule has 1 aliphatic heterocycles. The van der Waals surface area contributed by atoms with Gasteiger partial charge in [-0.25, -0.2) is 4.98 Å². The van der Waals surface area contributed by atoms with E-state index in [0.29, 0.717) is 10.8 Å². The Labute approximate surface area is 127 Å². The molecule has 1 atom stereocenters. The number of methoxy groups -OCH3 is 1. The van der Waals surface area contributed by atoms with Crippen LogP contribution in [0.4, 0.5) is 5.13 Å². The number of carbonyl (C=O) groups excluding carboxylic acids is 1. The van der Waals surface area contributed by atoms with Crippen molar-refractivity contribution in [2.75, 3.05) is 19.4 Å². The Kier molecular flexibility index (Phi) is 3.79. The van der Waals surface area contributed by atoms with Crippen molar-refractivity contribution in [3.05, 3.63) is 40.9 Å². The molecule has 2 N–H and O–H groups in total. The number of nitrogens with two attached hydrogens (primary N) is 1. The molecule has 0 aliphatic carbocycles. The van der Waals surface area contributed by atoms with E-state index in [0.717, 1.165) is 30.7 Å². The van der Waals surface area contributed by atoms with Gasteiger partial charge < -0.3 is 15.4 Å². The average Bonchev–Trinajstić information content (AvgIpc) is 3.15. The maximum Gasteiger partial charge on any atom is 0.273 e. The third kappa shape index (κ3) is 2.71. The number of anilines is 1. The largest absolute Gasteiger partial charge is 0.497 e. The molecule has 1 unspecified atom stereocenters. The summed E-state index contributed by atoms with van der Waals surface area (Å²) in [4.78, 5) is 18.5. The van der Waals surface area contributed by atoms with Gasteiger partial charge in [-0.15, -0.1) is 11.3 Å². The van der Waals surface area contributed by atoms with Gasteiger partial charge >= 0.3 is 0 Å². The number of benzene rings is 1. The molecule has 3 rings (SSSR count). The fraction of sp³-hybridized carbons (Fsp3) is 0.333. The van der Waals surface area contributed by atoms with Crippen molar-refractivity contribution < 1.29 is 9.53 Å². The number of nitrogen functional groups attached to an aromatic ring is 1. The molecular formula is C15H17N3O2S. The lowest BCUT2D eigenvalue weighted by molar-refractivity contribution is 0.0730. The van der Waals surface area contributed by atoms with Gasteiger partial charge in [-0.2, -0.15) is 0 Å². The quantitative estimate of drug-likeness (QED) is 0.946. The molecule has 1 aromatic carbocycles. The maximum atomic E-state index is 12.6. The van der Waals surface area contributed by atoms with E-state index in [2.05, 4.69) is 4.98 Å². The van der Waals surface area contributed by atoms with E-state index in [4.69, 9.17) is 10.5 Å². The minimum absolute atomic E-state index is 0.0405. The third-order valence-corrected chi connectivity index (χ3v) is 4.43. The molecule has 5 nitrogen and oxygen atoms in total. The summed E-state index contributed by atoms with van der Waals surface area (Å²) in [6, 6.07) is 8.00. The Bertz CT molecular complexity index is 639. The van der Waals surface area contributed by atoms with Crippen molar-refractivity contribution in [1.82, 2.24) is 9.88 Å². The standard InChI is InChI=1S/C15H17N3O2S/c1-20-11-6-4-10(5-7-11)13-3-2-8-18(13)14(19)12-9-21-15(16)17-12/h4-7,9,13H,2-3,8H2,1H3,(H2,16,17). The highest BCUT2D eigenvalue weighted by molar-refractivity contribution is 7.13. The zero-order valence-electron chi connectivity index (χ0n) is 11.8. The highest BCUT2D eigenvalue weighted by Gasteiger charge is 2.31. The fourth-order valence-corrected chi connectivity index (χ4v) is 3.25. The van der Waals surface area contributed by atoms with Crippen molar-refractivity contribution in [2.45, 2.75) is 18.9 Å². The molecule has 0 radical (unpaired) electrons. The van der Waals surface area contributed by atoms with Crippen molar-refractivity contribution in [1.29, 1.82) is 0 Å². The van der Waals surface area contributed by atoms with Gasteiger partial charge in [0.2, 0.25) is 0 Å². The highest BCUT2D eigenvalue weighted by Crippen LogP contribution is 2.34. The minimum atomic E-state index is -0.0405. The lowest BCUT2D eigenvalue weighted by atomic mass is 10.0. The predicted molar refractivity (Wildman–Crippen MR) is 82.5 cm³/mol. The molecular weight excluding hydrogens is 286 g/mol. The summed E-state index contributed by atoms with van der Waals surface area (Å²) in [6.07, 6.45) is 1.97. The number of amides is 1. The van der Waals surface area contributed by atoms with Crippen molar-refractivity contribution in [2.24, 2.45) is 0 Å². The Morgan fingerprint density at radius 2 is 2.19 bits per heavy atom. The average molecular weight is 303 g/mol. The van der Waals surface area contributed by atoms with Crippen LogP contribution in [-0.4, -0.2) is 29.4 Å². The predicted octanol–water partition coefficient (Wildman–Crippen LogP) is 2.71. The van der Waals surface area contributed by atoms with Gasteiger partial charge in [-0.3, -0.25) is 4.79 Å². The summed E-state index contributed by atoms with van der Waals surface area (Å²) in [5.41, 5.74) is 7.19. The monoisotopic (exact) mass is 303 g/mol. The molecule has 0 saturated carbocycles. The number of aromatic nitrogens is 1. The van der Waals surface area contributed by atoms with Crippen LogP contribution in [0.1, 0.15) is 34.9 Å². The molecule has 1 aliphatic rings. The van der Waals surface area contributed by atoms with Crippen LogP contribution in [0.5, 0.6) is 5.75 Å². The van der Waals surface area contributed by atoms with E-state index >= 15 is 0 Å². The Balaban J connectivity index is 1.83. The molecule has 110 valence electrons. The van der Waals surface area contributed by atoms with Crippen LogP contribution < -0.4 is 10.5 Å². The van der Waals surface area contributed by atoms with Crippen LogP contribution in [0.2, 0.25) is 0 Å². The number of hydrogen-bond donors (Lipinski definition) is 1. The smallest absolute Gasteiger partial charge is 0.273 e. The third-order valence-electron chi connectivity index (χ3n) is 3.76. The summed E-state index contributed by atoms with van der Waals surface area (Å²) >= 11 is 1.30. The SMILES string of the molecule is COc1ccc(C2CCCN2C(=O)c2csc(N)n2)cc1. The van der Waals surface area contributed by atoms with E-state index < -0.39 is 0 Å². The lowest BCUT2D eigenvalue weighted by Gasteiger charge is -2.24. The first-order chi connectivity index (χ1) is 10.2. The summed E-state index contributed by atoms with van der Waals surface area (Å²) in [5, 5.41) is 2.15. The zero-order chi connectivity index (χ0) is 14.8. The lowest BCUT2D eigenvalue weighted by Crippen LogP contribution is -2.30. The molecule has 1 fully saturated rings. The summed E-state index contributed by atoms with van der Waals surface area (Å²) in [5.74, 6) is 0.781. The van der Waals surface area contributed by atoms with E-state index in [9.17, 15) is 4.79 Å². The number of carbonyl (C=O) groups is 1. The molecule has 0 bridgehead atoms. The summed E-state index contributed by atoms with van der Waals surface area (Å²) < 4.78 is 5.18. The first-order valence-electron chi connectivity index (χ1n) is 6.85. The van der Waals surface area contributed by atoms with Crippen LogP contribution in [0, 0.1) is 0 Å². The van der Waals surface area contributed by atoms with Crippen LogP contribution in [0.15, 0.2) is 29.6 Å². The fourth-order valence-electron chi connectivity index (χ4n) is 2.72. The van der Waals surface area contributed by atoms with Gasteiger partial charge in [0, 0.05) is 11.9 Å². The van der Waals surface area contributed by atoms with Gasteiger partial charge in [-0.1, -0.05) is 12.1 Å². The minimum Gasteiger partial charge on any atom is -0.497 e. The topological polar surface area (TPSA) is 68.5 Å². The van der Waals surface area contributed by atoms with Crippen molar-refractivity contribution in [3.63, 3.8) is 0 Å². The van der Waals surface area contributed by atoms with Crippen LogP contribution in [-0.2, 0) is 0 Å². The van der Waals surface area contributed by atoms with Crippen LogP contribution in [0.3, 0.4) is 0 Å². The number of likely N-dealkylation sites (tertiary alicyclic amines) is 1. The van der Waals surface area contributed by atoms with Gasteiger partial charge in [0.15, 0.2) is 5.13 Å². The summed E-state index contributed by atoms with van der Waals surface area (Å²) in [7, 11) is 1.65. The number of nitrogens with zero attached hydrogens (tertiary/aromatic N) is 2. The van der Waals surface area contributed by atoms with Gasteiger partial charge in [-0.05, 0) is 30.5 Å².